The third-order valence-corrected chi connectivity index (χ3v) is 4.56. The van der Waals surface area contributed by atoms with E-state index in [0.717, 1.165) is 16.7 Å². The average Bonchev–Trinajstić information content (AvgIpc) is 3.24. The van der Waals surface area contributed by atoms with Gasteiger partial charge in [-0.25, -0.2) is 0 Å². The molecule has 6 heteroatoms. The predicted octanol–water partition coefficient (Wildman–Crippen LogP) is 3.69. The molecular weight excluding hydrogens is 350 g/mol. The number of aryl methyl sites for hydroxylation is 1. The number of H-pyrrole nitrogens is 1. The van der Waals surface area contributed by atoms with E-state index in [1.165, 1.54) is 0 Å². The molecule has 3 heterocycles. The van der Waals surface area contributed by atoms with Crippen molar-refractivity contribution in [3.8, 4) is 11.4 Å². The van der Waals surface area contributed by atoms with Crippen molar-refractivity contribution in [1.29, 1.82) is 0 Å². The summed E-state index contributed by atoms with van der Waals surface area (Å²) in [5.41, 5.74) is 4.81. The van der Waals surface area contributed by atoms with Crippen molar-refractivity contribution in [2.75, 3.05) is 0 Å². The molecule has 0 spiro atoms. The summed E-state index contributed by atoms with van der Waals surface area (Å²) in [5, 5.41) is 10.1. The lowest BCUT2D eigenvalue weighted by Gasteiger charge is -2.21. The average molecular weight is 369 g/mol. The molecule has 6 nitrogen and oxygen atoms in total. The van der Waals surface area contributed by atoms with Crippen molar-refractivity contribution in [3.63, 3.8) is 0 Å². The number of hydrogen-bond acceptors (Lipinski definition) is 4. The molecule has 3 aromatic heterocycles. The summed E-state index contributed by atoms with van der Waals surface area (Å²) >= 11 is 0. The summed E-state index contributed by atoms with van der Waals surface area (Å²) in [6.07, 6.45) is 5.14. The van der Waals surface area contributed by atoms with Gasteiger partial charge in [-0.1, -0.05) is 30.3 Å². The van der Waals surface area contributed by atoms with Gasteiger partial charge in [0.2, 0.25) is 0 Å². The van der Waals surface area contributed by atoms with E-state index in [9.17, 15) is 4.79 Å². The molecule has 0 radical (unpaired) electrons. The van der Waals surface area contributed by atoms with Crippen LogP contribution in [0.2, 0.25) is 0 Å². The molecule has 0 saturated carbocycles. The zero-order chi connectivity index (χ0) is 19.3. The fourth-order valence-corrected chi connectivity index (χ4v) is 3.10. The Hall–Kier alpha value is -3.80. The lowest BCUT2D eigenvalue weighted by atomic mass is 9.95. The fourth-order valence-electron chi connectivity index (χ4n) is 3.10. The van der Waals surface area contributed by atoms with Crippen molar-refractivity contribution in [2.45, 2.75) is 13.0 Å². The number of amides is 1. The van der Waals surface area contributed by atoms with Gasteiger partial charge < -0.3 is 5.32 Å². The first-order valence-electron chi connectivity index (χ1n) is 8.95. The molecule has 138 valence electrons. The molecule has 0 fully saturated rings. The van der Waals surface area contributed by atoms with Crippen LogP contribution in [0.1, 0.15) is 33.2 Å². The van der Waals surface area contributed by atoms with E-state index in [-0.39, 0.29) is 11.9 Å². The highest BCUT2D eigenvalue weighted by atomic mass is 16.2. The number of nitrogens with one attached hydrogen (secondary N) is 2. The molecule has 2 N–H and O–H groups in total. The number of nitrogens with zero attached hydrogens (tertiary/aromatic N) is 3. The van der Waals surface area contributed by atoms with E-state index in [0.29, 0.717) is 17.1 Å². The monoisotopic (exact) mass is 369 g/mol. The standard InChI is InChI=1S/C22H19N5O/c1-15-6-2-3-7-17(15)21(16-9-12-23-13-10-16)25-22(28)20-14-19(26-27-20)18-8-4-5-11-24-18/h2-14,21H,1H3,(H,25,28)(H,26,27)/t21-/m0/s1. The zero-order valence-electron chi connectivity index (χ0n) is 15.3. The van der Waals surface area contributed by atoms with Crippen LogP contribution in [0.4, 0.5) is 0 Å². The minimum absolute atomic E-state index is 0.236. The van der Waals surface area contributed by atoms with Crippen LogP contribution < -0.4 is 5.32 Å². The number of benzene rings is 1. The molecule has 0 unspecified atom stereocenters. The summed E-state index contributed by atoms with van der Waals surface area (Å²) in [5.74, 6) is -0.236. The minimum atomic E-state index is -0.293. The van der Waals surface area contributed by atoms with Crippen LogP contribution in [-0.4, -0.2) is 26.1 Å². The van der Waals surface area contributed by atoms with E-state index < -0.39 is 0 Å². The van der Waals surface area contributed by atoms with Crippen LogP contribution in [-0.2, 0) is 0 Å². The van der Waals surface area contributed by atoms with Crippen LogP contribution in [0.25, 0.3) is 11.4 Å². The maximum atomic E-state index is 12.9. The van der Waals surface area contributed by atoms with Gasteiger partial charge in [-0.2, -0.15) is 5.10 Å². The highest BCUT2D eigenvalue weighted by Gasteiger charge is 2.20. The van der Waals surface area contributed by atoms with Crippen molar-refractivity contribution in [1.82, 2.24) is 25.5 Å². The van der Waals surface area contributed by atoms with Crippen molar-refractivity contribution >= 4 is 5.91 Å². The van der Waals surface area contributed by atoms with Crippen molar-refractivity contribution in [3.05, 3.63) is 102 Å². The molecule has 4 rings (SSSR count). The van der Waals surface area contributed by atoms with Gasteiger partial charge >= 0.3 is 0 Å². The molecule has 0 bridgehead atoms. The zero-order valence-corrected chi connectivity index (χ0v) is 15.3. The van der Waals surface area contributed by atoms with Crippen LogP contribution in [0, 0.1) is 6.92 Å². The van der Waals surface area contributed by atoms with E-state index in [4.69, 9.17) is 0 Å². The third-order valence-electron chi connectivity index (χ3n) is 4.56. The Morgan fingerprint density at radius 2 is 1.75 bits per heavy atom. The van der Waals surface area contributed by atoms with Gasteiger partial charge in [-0.15, -0.1) is 0 Å². The third kappa shape index (κ3) is 3.66. The molecule has 0 saturated heterocycles. The largest absolute Gasteiger partial charge is 0.340 e. The van der Waals surface area contributed by atoms with Crippen LogP contribution in [0.5, 0.6) is 0 Å². The molecule has 1 atom stereocenters. The van der Waals surface area contributed by atoms with E-state index in [2.05, 4.69) is 25.5 Å². The lowest BCUT2D eigenvalue weighted by molar-refractivity contribution is 0.0938. The SMILES string of the molecule is Cc1ccccc1[C@@H](NC(=O)c1cc(-c2ccccn2)n[nH]1)c1ccncc1. The molecule has 28 heavy (non-hydrogen) atoms. The second kappa shape index (κ2) is 7.84. The Labute approximate surface area is 162 Å². The topological polar surface area (TPSA) is 83.6 Å². The van der Waals surface area contributed by atoms with Crippen molar-refractivity contribution in [2.24, 2.45) is 0 Å². The lowest BCUT2D eigenvalue weighted by Crippen LogP contribution is -2.30. The first-order valence-corrected chi connectivity index (χ1v) is 8.95. The van der Waals surface area contributed by atoms with Gasteiger partial charge in [-0.3, -0.25) is 19.9 Å². The second-order valence-corrected chi connectivity index (χ2v) is 6.43. The van der Waals surface area contributed by atoms with Gasteiger partial charge in [0.05, 0.1) is 11.7 Å². The first kappa shape index (κ1) is 17.6. The quantitative estimate of drug-likeness (QED) is 0.562. The van der Waals surface area contributed by atoms with Gasteiger partial charge in [0.15, 0.2) is 0 Å². The summed E-state index contributed by atoms with van der Waals surface area (Å²) in [7, 11) is 0. The molecule has 4 aromatic rings. The minimum Gasteiger partial charge on any atom is -0.340 e. The number of carbonyl (C=O) groups excluding carboxylic acids is 1. The van der Waals surface area contributed by atoms with Crippen molar-refractivity contribution < 1.29 is 4.79 Å². The number of rotatable bonds is 5. The molecule has 1 aromatic carbocycles. The molecular formula is C22H19N5O. The van der Waals surface area contributed by atoms with Gasteiger partial charge in [-0.05, 0) is 53.9 Å². The smallest absolute Gasteiger partial charge is 0.270 e. The van der Waals surface area contributed by atoms with Crippen LogP contribution in [0.15, 0.2) is 79.3 Å². The highest BCUT2D eigenvalue weighted by molar-refractivity contribution is 5.93. The van der Waals surface area contributed by atoms with Gasteiger partial charge in [0, 0.05) is 18.6 Å². The highest BCUT2D eigenvalue weighted by Crippen LogP contribution is 2.25. The number of aromatic nitrogens is 4. The van der Waals surface area contributed by atoms with E-state index in [1.54, 1.807) is 24.7 Å². The first-order chi connectivity index (χ1) is 13.7. The Morgan fingerprint density at radius 3 is 2.50 bits per heavy atom. The number of hydrogen-bond donors (Lipinski definition) is 2. The second-order valence-electron chi connectivity index (χ2n) is 6.43. The molecule has 0 aliphatic rings. The van der Waals surface area contributed by atoms with Gasteiger partial charge in [0.25, 0.3) is 5.91 Å². The van der Waals surface area contributed by atoms with Gasteiger partial charge in [0.1, 0.15) is 11.4 Å². The molecule has 0 aliphatic carbocycles. The Balaban J connectivity index is 1.63. The number of pyridine rings is 2. The van der Waals surface area contributed by atoms with Crippen LogP contribution >= 0.6 is 0 Å². The molecule has 0 aliphatic heterocycles. The maximum Gasteiger partial charge on any atom is 0.270 e. The predicted molar refractivity (Wildman–Crippen MR) is 107 cm³/mol. The molecule has 1 amide bonds. The Kier molecular flexibility index (Phi) is 4.93. The van der Waals surface area contributed by atoms with E-state index in [1.807, 2.05) is 61.5 Å². The van der Waals surface area contributed by atoms with E-state index >= 15 is 0 Å². The summed E-state index contributed by atoms with van der Waals surface area (Å²) in [6, 6.07) is 18.8. The summed E-state index contributed by atoms with van der Waals surface area (Å²) in [4.78, 5) is 21.3. The Morgan fingerprint density at radius 1 is 0.964 bits per heavy atom. The van der Waals surface area contributed by atoms with Crippen LogP contribution in [0.3, 0.4) is 0 Å². The summed E-state index contributed by atoms with van der Waals surface area (Å²) in [6.45, 7) is 2.03. The maximum absolute atomic E-state index is 12.9. The Bertz CT molecular complexity index is 1080. The number of carbonyl (C=O) groups is 1. The fraction of sp³-hybridized carbons (Fsp3) is 0.0909. The normalized spacial score (nSPS) is 11.8. The number of aromatic amines is 1. The summed E-state index contributed by atoms with van der Waals surface area (Å²) < 4.78 is 0.